The molecule has 3 nitrogen and oxygen atoms in total. The molecule has 0 radical (unpaired) electrons. The van der Waals surface area contributed by atoms with E-state index in [0.717, 1.165) is 29.9 Å². The monoisotopic (exact) mass is 273 g/mol. The first-order valence-corrected chi connectivity index (χ1v) is 8.10. The second kappa shape index (κ2) is 5.72. The van der Waals surface area contributed by atoms with E-state index < -0.39 is 0 Å². The van der Waals surface area contributed by atoms with Gasteiger partial charge in [-0.3, -0.25) is 4.98 Å². The smallest absolute Gasteiger partial charge is 0.0572 e. The van der Waals surface area contributed by atoms with E-state index in [1.807, 2.05) is 6.20 Å². The van der Waals surface area contributed by atoms with Crippen LogP contribution < -0.4 is 10.6 Å². The van der Waals surface area contributed by atoms with Crippen LogP contribution in [0.1, 0.15) is 50.8 Å². The van der Waals surface area contributed by atoms with Crippen LogP contribution in [0.15, 0.2) is 18.3 Å². The Morgan fingerprint density at radius 1 is 1.35 bits per heavy atom. The van der Waals surface area contributed by atoms with Gasteiger partial charge in [-0.15, -0.1) is 0 Å². The van der Waals surface area contributed by atoms with E-state index >= 15 is 0 Å². The van der Waals surface area contributed by atoms with Crippen LogP contribution in [-0.2, 0) is 0 Å². The van der Waals surface area contributed by atoms with Crippen LogP contribution in [0.2, 0.25) is 0 Å². The fourth-order valence-electron chi connectivity index (χ4n) is 4.11. The van der Waals surface area contributed by atoms with E-state index in [0.29, 0.717) is 0 Å². The van der Waals surface area contributed by atoms with Gasteiger partial charge in [-0.25, -0.2) is 0 Å². The third-order valence-electron chi connectivity index (χ3n) is 5.42. The second-order valence-corrected chi connectivity index (χ2v) is 6.77. The highest BCUT2D eigenvalue weighted by Gasteiger charge is 2.39. The molecule has 3 unspecified atom stereocenters. The minimum Gasteiger partial charge on any atom is -0.373 e. The van der Waals surface area contributed by atoms with Crippen LogP contribution in [0.25, 0.3) is 0 Å². The summed E-state index contributed by atoms with van der Waals surface area (Å²) in [7, 11) is 2.20. The molecule has 110 valence electrons. The summed E-state index contributed by atoms with van der Waals surface area (Å²) in [5.74, 6) is 2.92. The summed E-state index contributed by atoms with van der Waals surface area (Å²) in [5.41, 5.74) is 8.24. The first-order valence-electron chi connectivity index (χ1n) is 8.10. The maximum absolute atomic E-state index is 6.02. The van der Waals surface area contributed by atoms with Crippen LogP contribution in [-0.4, -0.2) is 18.6 Å². The van der Waals surface area contributed by atoms with E-state index in [4.69, 9.17) is 5.73 Å². The number of aromatic nitrogens is 1. The standard InChI is InChI=1S/C17H27N3/c1-3-16(18)17-7-6-15(10-19-17)20(2)11-14-9-12-4-5-13(14)8-12/h6-7,10,12-14,16H,3-5,8-9,11,18H2,1-2H3/t12?,13?,14?,16-/m1/s1. The Morgan fingerprint density at radius 3 is 2.75 bits per heavy atom. The lowest BCUT2D eigenvalue weighted by atomic mass is 9.88. The fraction of sp³-hybridized carbons (Fsp3) is 0.706. The lowest BCUT2D eigenvalue weighted by molar-refractivity contribution is 0.337. The third kappa shape index (κ3) is 2.69. The maximum atomic E-state index is 6.02. The quantitative estimate of drug-likeness (QED) is 0.894. The maximum Gasteiger partial charge on any atom is 0.0572 e. The van der Waals surface area contributed by atoms with Crippen LogP contribution in [0.5, 0.6) is 0 Å². The van der Waals surface area contributed by atoms with E-state index in [-0.39, 0.29) is 6.04 Å². The number of nitrogens with two attached hydrogens (primary N) is 1. The SMILES string of the molecule is CC[C@@H](N)c1ccc(N(C)CC2CC3CCC2C3)cn1. The minimum atomic E-state index is 0.0694. The van der Waals surface area contributed by atoms with Crippen molar-refractivity contribution in [3.8, 4) is 0 Å². The van der Waals surface area contributed by atoms with Gasteiger partial charge >= 0.3 is 0 Å². The lowest BCUT2D eigenvalue weighted by Crippen LogP contribution is -2.28. The Bertz CT molecular complexity index is 442. The second-order valence-electron chi connectivity index (χ2n) is 6.77. The summed E-state index contributed by atoms with van der Waals surface area (Å²) in [6.07, 6.45) is 8.80. The number of anilines is 1. The molecule has 2 N–H and O–H groups in total. The van der Waals surface area contributed by atoms with Crippen molar-refractivity contribution < 1.29 is 0 Å². The Balaban J connectivity index is 1.61. The van der Waals surface area contributed by atoms with Crippen molar-refractivity contribution in [1.82, 2.24) is 4.98 Å². The third-order valence-corrected chi connectivity index (χ3v) is 5.42. The van der Waals surface area contributed by atoms with E-state index in [2.05, 4.69) is 36.0 Å². The number of nitrogens with zero attached hydrogens (tertiary/aromatic N) is 2. The molecule has 3 rings (SSSR count). The van der Waals surface area contributed by atoms with Crippen molar-refractivity contribution in [3.63, 3.8) is 0 Å². The average Bonchev–Trinajstić information content (AvgIpc) is 3.09. The van der Waals surface area contributed by atoms with Gasteiger partial charge in [0.15, 0.2) is 0 Å². The summed E-state index contributed by atoms with van der Waals surface area (Å²) in [4.78, 5) is 6.90. The topological polar surface area (TPSA) is 42.1 Å². The van der Waals surface area contributed by atoms with Gasteiger partial charge in [0.1, 0.15) is 0 Å². The van der Waals surface area contributed by atoms with E-state index in [1.165, 1.54) is 37.9 Å². The summed E-state index contributed by atoms with van der Waals surface area (Å²) in [5, 5.41) is 0. The normalized spacial score (nSPS) is 29.6. The van der Waals surface area contributed by atoms with Crippen LogP contribution >= 0.6 is 0 Å². The van der Waals surface area contributed by atoms with Crippen molar-refractivity contribution in [3.05, 3.63) is 24.0 Å². The molecule has 2 saturated carbocycles. The molecule has 2 bridgehead atoms. The van der Waals surface area contributed by atoms with Crippen LogP contribution in [0.4, 0.5) is 5.69 Å². The average molecular weight is 273 g/mol. The first-order chi connectivity index (χ1) is 9.67. The molecular formula is C17H27N3. The van der Waals surface area contributed by atoms with Crippen molar-refractivity contribution in [2.24, 2.45) is 23.5 Å². The highest BCUT2D eigenvalue weighted by Crippen LogP contribution is 2.48. The molecule has 3 heteroatoms. The first kappa shape index (κ1) is 13.9. The van der Waals surface area contributed by atoms with Gasteiger partial charge in [-0.2, -0.15) is 0 Å². The lowest BCUT2D eigenvalue weighted by Gasteiger charge is -2.28. The predicted molar refractivity (Wildman–Crippen MR) is 83.7 cm³/mol. The molecule has 0 saturated heterocycles. The molecule has 2 aliphatic carbocycles. The number of fused-ring (bicyclic) bond motifs is 2. The summed E-state index contributed by atoms with van der Waals surface area (Å²) < 4.78 is 0. The molecule has 0 spiro atoms. The fourth-order valence-corrected chi connectivity index (χ4v) is 4.11. The molecule has 1 heterocycles. The largest absolute Gasteiger partial charge is 0.373 e. The van der Waals surface area contributed by atoms with Crippen LogP contribution in [0, 0.1) is 17.8 Å². The summed E-state index contributed by atoms with van der Waals surface area (Å²) in [6.45, 7) is 3.28. The number of hydrogen-bond donors (Lipinski definition) is 1. The molecule has 1 aromatic rings. The van der Waals surface area contributed by atoms with Gasteiger partial charge in [0.05, 0.1) is 17.6 Å². The van der Waals surface area contributed by atoms with Crippen molar-refractivity contribution in [2.45, 2.75) is 45.1 Å². The van der Waals surface area contributed by atoms with Gasteiger partial charge in [0, 0.05) is 19.6 Å². The summed E-state index contributed by atoms with van der Waals surface area (Å²) in [6, 6.07) is 4.33. The predicted octanol–water partition coefficient (Wildman–Crippen LogP) is 3.36. The molecule has 2 fully saturated rings. The van der Waals surface area contributed by atoms with Crippen molar-refractivity contribution >= 4 is 5.69 Å². The zero-order chi connectivity index (χ0) is 14.1. The Labute approximate surface area is 122 Å². The zero-order valence-corrected chi connectivity index (χ0v) is 12.8. The highest BCUT2D eigenvalue weighted by atomic mass is 15.1. The Kier molecular flexibility index (Phi) is 3.97. The molecule has 0 aliphatic heterocycles. The molecule has 0 amide bonds. The minimum absolute atomic E-state index is 0.0694. The molecule has 20 heavy (non-hydrogen) atoms. The van der Waals surface area contributed by atoms with Crippen molar-refractivity contribution in [2.75, 3.05) is 18.5 Å². The van der Waals surface area contributed by atoms with Gasteiger partial charge < -0.3 is 10.6 Å². The molecule has 2 aliphatic rings. The number of hydrogen-bond acceptors (Lipinski definition) is 3. The number of rotatable bonds is 5. The Morgan fingerprint density at radius 2 is 2.20 bits per heavy atom. The van der Waals surface area contributed by atoms with Crippen molar-refractivity contribution in [1.29, 1.82) is 0 Å². The van der Waals surface area contributed by atoms with Crippen LogP contribution in [0.3, 0.4) is 0 Å². The van der Waals surface area contributed by atoms with Gasteiger partial charge in [0.25, 0.3) is 0 Å². The molecule has 0 aromatic carbocycles. The molecule has 4 atom stereocenters. The highest BCUT2D eigenvalue weighted by molar-refractivity contribution is 5.44. The number of pyridine rings is 1. The van der Waals surface area contributed by atoms with Gasteiger partial charge in [0.2, 0.25) is 0 Å². The molecular weight excluding hydrogens is 246 g/mol. The summed E-state index contributed by atoms with van der Waals surface area (Å²) >= 11 is 0. The molecule has 1 aromatic heterocycles. The van der Waals surface area contributed by atoms with E-state index in [9.17, 15) is 0 Å². The van der Waals surface area contributed by atoms with Gasteiger partial charge in [-0.1, -0.05) is 13.3 Å². The zero-order valence-electron chi connectivity index (χ0n) is 12.8. The van der Waals surface area contributed by atoms with E-state index in [1.54, 1.807) is 0 Å². The van der Waals surface area contributed by atoms with Gasteiger partial charge in [-0.05, 0) is 55.6 Å². The Hall–Kier alpha value is -1.09.